The maximum absolute atomic E-state index is 10.7. The van der Waals surface area contributed by atoms with Crippen LogP contribution in [0.2, 0.25) is 0 Å². The highest BCUT2D eigenvalue weighted by Crippen LogP contribution is 2.24. The van der Waals surface area contributed by atoms with E-state index in [1.54, 1.807) is 13.0 Å². The van der Waals surface area contributed by atoms with E-state index in [1.807, 2.05) is 6.07 Å². The SMILES string of the molecule is CC/C(=C\c1ccc(N2CCCCC2)o1)[N+](=O)[O-]. The quantitative estimate of drug-likeness (QED) is 0.607. The van der Waals surface area contributed by atoms with Crippen molar-refractivity contribution in [2.45, 2.75) is 32.6 Å². The number of nitrogens with zero attached hydrogens (tertiary/aromatic N) is 2. The topological polar surface area (TPSA) is 59.5 Å². The molecule has 0 aliphatic carbocycles. The van der Waals surface area contributed by atoms with Crippen LogP contribution in [0.5, 0.6) is 0 Å². The van der Waals surface area contributed by atoms with Gasteiger partial charge in [-0.15, -0.1) is 0 Å². The van der Waals surface area contributed by atoms with E-state index in [9.17, 15) is 10.1 Å². The monoisotopic (exact) mass is 250 g/mol. The third-order valence-corrected chi connectivity index (χ3v) is 3.19. The standard InChI is InChI=1S/C13H18N2O3/c1-2-11(15(16)17)10-12-6-7-13(18-12)14-8-4-3-5-9-14/h6-7,10H,2-5,8-9H2,1H3/b11-10+. The Hall–Kier alpha value is -1.78. The van der Waals surface area contributed by atoms with Crippen molar-refractivity contribution in [1.29, 1.82) is 0 Å². The number of hydrogen-bond donors (Lipinski definition) is 0. The number of anilines is 1. The van der Waals surface area contributed by atoms with Crippen LogP contribution in [0.1, 0.15) is 38.4 Å². The molecule has 1 aromatic heterocycles. The molecule has 0 unspecified atom stereocenters. The number of piperidine rings is 1. The highest BCUT2D eigenvalue weighted by atomic mass is 16.6. The zero-order valence-corrected chi connectivity index (χ0v) is 10.6. The Labute approximate surface area is 106 Å². The molecular formula is C13H18N2O3. The second-order valence-electron chi connectivity index (χ2n) is 4.47. The van der Waals surface area contributed by atoms with E-state index in [-0.39, 0.29) is 10.6 Å². The zero-order valence-electron chi connectivity index (χ0n) is 10.6. The molecule has 0 spiro atoms. The Balaban J connectivity index is 2.12. The van der Waals surface area contributed by atoms with Crippen LogP contribution in [0, 0.1) is 10.1 Å². The lowest BCUT2D eigenvalue weighted by Gasteiger charge is -2.25. The van der Waals surface area contributed by atoms with Crippen molar-refractivity contribution < 1.29 is 9.34 Å². The van der Waals surface area contributed by atoms with Gasteiger partial charge in [0.25, 0.3) is 0 Å². The Morgan fingerprint density at radius 1 is 1.44 bits per heavy atom. The Kier molecular flexibility index (Phi) is 4.02. The van der Waals surface area contributed by atoms with E-state index < -0.39 is 0 Å². The van der Waals surface area contributed by atoms with Crippen molar-refractivity contribution in [3.05, 3.63) is 33.7 Å². The van der Waals surface area contributed by atoms with Gasteiger partial charge in [-0.25, -0.2) is 0 Å². The molecule has 5 nitrogen and oxygen atoms in total. The maximum atomic E-state index is 10.7. The molecule has 0 aromatic carbocycles. The number of nitro groups is 1. The van der Waals surface area contributed by atoms with Crippen LogP contribution in [-0.4, -0.2) is 18.0 Å². The summed E-state index contributed by atoms with van der Waals surface area (Å²) in [6.45, 7) is 3.78. The molecular weight excluding hydrogens is 232 g/mol. The lowest BCUT2D eigenvalue weighted by atomic mass is 10.1. The average molecular weight is 250 g/mol. The van der Waals surface area contributed by atoms with Crippen molar-refractivity contribution in [2.24, 2.45) is 0 Å². The third-order valence-electron chi connectivity index (χ3n) is 3.19. The molecule has 0 radical (unpaired) electrons. The molecule has 18 heavy (non-hydrogen) atoms. The van der Waals surface area contributed by atoms with Crippen LogP contribution in [-0.2, 0) is 0 Å². The summed E-state index contributed by atoms with van der Waals surface area (Å²) in [6, 6.07) is 3.69. The van der Waals surface area contributed by atoms with Gasteiger partial charge < -0.3 is 9.32 Å². The van der Waals surface area contributed by atoms with Gasteiger partial charge >= 0.3 is 0 Å². The van der Waals surface area contributed by atoms with Gasteiger partial charge in [0.2, 0.25) is 5.70 Å². The molecule has 1 fully saturated rings. The highest BCUT2D eigenvalue weighted by Gasteiger charge is 2.15. The summed E-state index contributed by atoms with van der Waals surface area (Å²) in [5.74, 6) is 1.38. The van der Waals surface area contributed by atoms with Gasteiger partial charge in [0.05, 0.1) is 11.0 Å². The summed E-state index contributed by atoms with van der Waals surface area (Å²) in [7, 11) is 0. The molecule has 1 saturated heterocycles. The lowest BCUT2D eigenvalue weighted by molar-refractivity contribution is -0.425. The number of furan rings is 1. The predicted molar refractivity (Wildman–Crippen MR) is 70.0 cm³/mol. The van der Waals surface area contributed by atoms with Gasteiger partial charge in [-0.05, 0) is 25.3 Å². The molecule has 98 valence electrons. The summed E-state index contributed by atoms with van der Waals surface area (Å²) in [4.78, 5) is 12.6. The second-order valence-corrected chi connectivity index (χ2v) is 4.47. The molecule has 0 N–H and O–H groups in total. The fourth-order valence-corrected chi connectivity index (χ4v) is 2.15. The first kappa shape index (κ1) is 12.7. The number of allylic oxidation sites excluding steroid dienone is 1. The van der Waals surface area contributed by atoms with Crippen LogP contribution < -0.4 is 4.90 Å². The molecule has 0 atom stereocenters. The van der Waals surface area contributed by atoms with Gasteiger partial charge in [0.15, 0.2) is 5.88 Å². The van der Waals surface area contributed by atoms with Crippen molar-refractivity contribution in [2.75, 3.05) is 18.0 Å². The molecule has 5 heteroatoms. The highest BCUT2D eigenvalue weighted by molar-refractivity contribution is 5.49. The van der Waals surface area contributed by atoms with Gasteiger partial charge in [-0.1, -0.05) is 6.92 Å². The first-order valence-corrected chi connectivity index (χ1v) is 6.40. The number of hydrogen-bond acceptors (Lipinski definition) is 4. The Morgan fingerprint density at radius 3 is 2.78 bits per heavy atom. The van der Waals surface area contributed by atoms with E-state index in [2.05, 4.69) is 4.90 Å². The maximum Gasteiger partial charge on any atom is 0.249 e. The van der Waals surface area contributed by atoms with E-state index in [4.69, 9.17) is 4.42 Å². The largest absolute Gasteiger partial charge is 0.441 e. The van der Waals surface area contributed by atoms with E-state index in [0.717, 1.165) is 19.0 Å². The van der Waals surface area contributed by atoms with E-state index in [1.165, 1.54) is 25.3 Å². The first-order valence-electron chi connectivity index (χ1n) is 6.40. The van der Waals surface area contributed by atoms with Crippen LogP contribution >= 0.6 is 0 Å². The van der Waals surface area contributed by atoms with Crippen molar-refractivity contribution in [1.82, 2.24) is 0 Å². The molecule has 0 bridgehead atoms. The average Bonchev–Trinajstić information content (AvgIpc) is 2.85. The number of rotatable bonds is 4. The van der Waals surface area contributed by atoms with Crippen LogP contribution in [0.3, 0.4) is 0 Å². The van der Waals surface area contributed by atoms with Crippen molar-refractivity contribution in [3.63, 3.8) is 0 Å². The zero-order chi connectivity index (χ0) is 13.0. The molecule has 1 aromatic rings. The fourth-order valence-electron chi connectivity index (χ4n) is 2.15. The van der Waals surface area contributed by atoms with Gasteiger partial charge in [-0.2, -0.15) is 0 Å². The lowest BCUT2D eigenvalue weighted by Crippen LogP contribution is -2.28. The van der Waals surface area contributed by atoms with Gasteiger partial charge in [-0.3, -0.25) is 10.1 Å². The summed E-state index contributed by atoms with van der Waals surface area (Å²) >= 11 is 0. The van der Waals surface area contributed by atoms with E-state index >= 15 is 0 Å². The summed E-state index contributed by atoms with van der Waals surface area (Å²) < 4.78 is 5.65. The minimum atomic E-state index is -0.358. The Morgan fingerprint density at radius 2 is 2.17 bits per heavy atom. The normalized spacial score (nSPS) is 16.9. The van der Waals surface area contributed by atoms with Gasteiger partial charge in [0.1, 0.15) is 5.76 Å². The molecule has 2 rings (SSSR count). The first-order chi connectivity index (χ1) is 8.70. The Bertz CT molecular complexity index is 445. The minimum Gasteiger partial charge on any atom is -0.441 e. The molecule has 2 heterocycles. The molecule has 1 aliphatic rings. The van der Waals surface area contributed by atoms with E-state index in [0.29, 0.717) is 12.2 Å². The molecule has 0 amide bonds. The molecule has 0 saturated carbocycles. The summed E-state index contributed by atoms with van der Waals surface area (Å²) in [5, 5.41) is 10.7. The van der Waals surface area contributed by atoms with Crippen LogP contribution in [0.15, 0.2) is 22.2 Å². The van der Waals surface area contributed by atoms with Crippen molar-refractivity contribution in [3.8, 4) is 0 Å². The summed E-state index contributed by atoms with van der Waals surface area (Å²) in [6.07, 6.45) is 5.54. The van der Waals surface area contributed by atoms with Crippen LogP contribution in [0.25, 0.3) is 6.08 Å². The molecule has 1 aliphatic heterocycles. The smallest absolute Gasteiger partial charge is 0.249 e. The van der Waals surface area contributed by atoms with Crippen LogP contribution in [0.4, 0.5) is 5.88 Å². The van der Waals surface area contributed by atoms with Crippen molar-refractivity contribution >= 4 is 12.0 Å². The third kappa shape index (κ3) is 2.91. The van der Waals surface area contributed by atoms with Gasteiger partial charge in [0, 0.05) is 25.6 Å². The minimum absolute atomic E-state index is 0.176. The second kappa shape index (κ2) is 5.71. The predicted octanol–water partition coefficient (Wildman–Crippen LogP) is 3.30. The summed E-state index contributed by atoms with van der Waals surface area (Å²) in [5.41, 5.74) is 0.176. The fraction of sp³-hybridized carbons (Fsp3) is 0.538.